The summed E-state index contributed by atoms with van der Waals surface area (Å²) in [6, 6.07) is 46.2. The number of para-hydroxylation sites is 1. The quantitative estimate of drug-likeness (QED) is 0.164. The maximum absolute atomic E-state index is 2.78. The Hall–Kier alpha value is -5.22. The Morgan fingerprint density at radius 2 is 1.00 bits per heavy atom. The van der Waals surface area contributed by atoms with Crippen molar-refractivity contribution in [1.82, 2.24) is 0 Å². The Bertz CT molecular complexity index is 2890. The minimum Gasteiger partial charge on any atom is -0.334 e. The van der Waals surface area contributed by atoms with Crippen LogP contribution in [0.1, 0.15) is 162 Å². The molecular formula is C62H74BN3. The first-order valence-electron chi connectivity index (χ1n) is 25.1. The van der Waals surface area contributed by atoms with Crippen LogP contribution in [0.25, 0.3) is 0 Å². The number of nitrogens with zero attached hydrogens (tertiary/aromatic N) is 3. The smallest absolute Gasteiger partial charge is 0.252 e. The molecule has 0 spiro atoms. The number of aryl methyl sites for hydroxylation is 1. The van der Waals surface area contributed by atoms with Crippen LogP contribution < -0.4 is 31.1 Å². The average Bonchev–Trinajstić information content (AvgIpc) is 3.31. The SMILES string of the molecule is Cc1cc(C(C)(C)C)ccc1N1c2ccc(C(C)(C)C)cc2B2c3ccc(N4c5ccccc5C5(C)CCCCCC45C)cc3N(c3ccc(C(C)(C)C)cc3)c3cc(C(C)(C)C)cc1c32. The van der Waals surface area contributed by atoms with E-state index in [2.05, 4.69) is 234 Å². The van der Waals surface area contributed by atoms with Crippen molar-refractivity contribution in [3.8, 4) is 0 Å². The van der Waals surface area contributed by atoms with Crippen LogP contribution in [0.4, 0.5) is 45.5 Å². The molecule has 0 saturated heterocycles. The van der Waals surface area contributed by atoms with Gasteiger partial charge < -0.3 is 14.7 Å². The van der Waals surface area contributed by atoms with Gasteiger partial charge in [0.05, 0.1) is 5.54 Å². The summed E-state index contributed by atoms with van der Waals surface area (Å²) in [5.41, 5.74) is 22.5. The van der Waals surface area contributed by atoms with Crippen LogP contribution in [0.2, 0.25) is 0 Å². The van der Waals surface area contributed by atoms with Gasteiger partial charge in [0, 0.05) is 50.9 Å². The zero-order valence-electron chi connectivity index (χ0n) is 42.9. The largest absolute Gasteiger partial charge is 0.334 e. The zero-order chi connectivity index (χ0) is 47.1. The van der Waals surface area contributed by atoms with E-state index < -0.39 is 0 Å². The molecule has 0 bridgehead atoms. The number of anilines is 8. The van der Waals surface area contributed by atoms with E-state index in [0.717, 1.165) is 0 Å². The molecule has 0 radical (unpaired) electrons. The Morgan fingerprint density at radius 3 is 1.64 bits per heavy atom. The van der Waals surface area contributed by atoms with Gasteiger partial charge in [0.25, 0.3) is 6.71 Å². The van der Waals surface area contributed by atoms with Crippen molar-refractivity contribution < 1.29 is 0 Å². The summed E-state index contributed by atoms with van der Waals surface area (Å²) in [6.07, 6.45) is 6.22. The van der Waals surface area contributed by atoms with Crippen LogP contribution in [0.15, 0.2) is 115 Å². The van der Waals surface area contributed by atoms with Gasteiger partial charge in [-0.1, -0.05) is 170 Å². The average molecular weight is 872 g/mol. The molecule has 0 amide bonds. The minimum absolute atomic E-state index is 0.0184. The van der Waals surface area contributed by atoms with Gasteiger partial charge in [-0.3, -0.25) is 0 Å². The van der Waals surface area contributed by atoms with Crippen LogP contribution in [0.5, 0.6) is 0 Å². The van der Waals surface area contributed by atoms with E-state index in [-0.39, 0.29) is 39.3 Å². The molecule has 6 aromatic rings. The summed E-state index contributed by atoms with van der Waals surface area (Å²) in [5, 5.41) is 0. The highest BCUT2D eigenvalue weighted by molar-refractivity contribution is 7.00. The molecule has 4 aliphatic rings. The van der Waals surface area contributed by atoms with E-state index in [9.17, 15) is 0 Å². The number of benzene rings is 6. The molecule has 6 aromatic carbocycles. The summed E-state index contributed by atoms with van der Waals surface area (Å²) in [6.45, 7) is 35.7. The predicted octanol–water partition coefficient (Wildman–Crippen LogP) is 15.4. The summed E-state index contributed by atoms with van der Waals surface area (Å²) < 4.78 is 0. The molecule has 340 valence electrons. The van der Waals surface area contributed by atoms with Gasteiger partial charge in [0.1, 0.15) is 0 Å². The van der Waals surface area contributed by atoms with Crippen LogP contribution in [-0.4, -0.2) is 12.3 Å². The first-order valence-corrected chi connectivity index (χ1v) is 25.1. The maximum Gasteiger partial charge on any atom is 0.252 e. The molecule has 1 saturated carbocycles. The van der Waals surface area contributed by atoms with Gasteiger partial charge in [-0.05, 0) is 153 Å². The molecule has 2 unspecified atom stereocenters. The third-order valence-corrected chi connectivity index (χ3v) is 16.6. The lowest BCUT2D eigenvalue weighted by Crippen LogP contribution is -2.61. The second-order valence-corrected chi connectivity index (χ2v) is 25.1. The molecule has 10 rings (SSSR count). The maximum atomic E-state index is 2.78. The number of hydrogen-bond acceptors (Lipinski definition) is 3. The molecule has 2 atom stereocenters. The third kappa shape index (κ3) is 6.81. The molecular weight excluding hydrogens is 798 g/mol. The minimum atomic E-state index is -0.101. The highest BCUT2D eigenvalue weighted by Gasteiger charge is 2.57. The van der Waals surface area contributed by atoms with Gasteiger partial charge in [0.2, 0.25) is 0 Å². The zero-order valence-corrected chi connectivity index (χ0v) is 42.9. The van der Waals surface area contributed by atoms with E-state index >= 15 is 0 Å². The second kappa shape index (κ2) is 14.9. The fourth-order valence-corrected chi connectivity index (χ4v) is 12.3. The molecule has 1 aliphatic carbocycles. The Morgan fingerprint density at radius 1 is 0.439 bits per heavy atom. The van der Waals surface area contributed by atoms with Crippen LogP contribution in [0.3, 0.4) is 0 Å². The highest BCUT2D eigenvalue weighted by atomic mass is 15.3. The van der Waals surface area contributed by atoms with Crippen molar-refractivity contribution in [1.29, 1.82) is 0 Å². The van der Waals surface area contributed by atoms with Gasteiger partial charge in [-0.15, -0.1) is 0 Å². The molecule has 0 aromatic heterocycles. The standard InChI is InChI=1S/C62H74BN3/c1-40-35-42(58(5,6)7)25-31-50(40)65-52-32-26-43(59(8,9)10)36-49(52)63-48-30-29-46(66-51-22-18-17-21-47(51)61(14)33-19-16-20-34-62(61,66)15)39-53(48)64(45-27-23-41(24-28-45)57(2,3)4)54-37-44(60(11,12)13)38-55(65)56(54)63/h17-18,21-32,35-39H,16,19-20,33-34H2,1-15H3. The first kappa shape index (κ1) is 44.6. The van der Waals surface area contributed by atoms with E-state index in [1.807, 2.05) is 0 Å². The second-order valence-electron chi connectivity index (χ2n) is 25.1. The number of rotatable bonds is 3. The van der Waals surface area contributed by atoms with Gasteiger partial charge in [0.15, 0.2) is 0 Å². The Labute approximate surface area is 398 Å². The molecule has 66 heavy (non-hydrogen) atoms. The fraction of sp³-hybridized carbons (Fsp3) is 0.419. The lowest BCUT2D eigenvalue weighted by molar-refractivity contribution is 0.261. The monoisotopic (exact) mass is 872 g/mol. The van der Waals surface area contributed by atoms with Crippen LogP contribution in [-0.2, 0) is 27.1 Å². The Balaban J connectivity index is 1.30. The predicted molar refractivity (Wildman–Crippen MR) is 287 cm³/mol. The lowest BCUT2D eigenvalue weighted by Gasteiger charge is -2.48. The summed E-state index contributed by atoms with van der Waals surface area (Å²) in [7, 11) is 0. The molecule has 1 fully saturated rings. The Kier molecular flexibility index (Phi) is 10.1. The molecule has 0 N–H and O–H groups in total. The topological polar surface area (TPSA) is 9.72 Å². The van der Waals surface area contributed by atoms with E-state index in [4.69, 9.17) is 0 Å². The van der Waals surface area contributed by atoms with Crippen molar-refractivity contribution in [2.24, 2.45) is 0 Å². The van der Waals surface area contributed by atoms with Gasteiger partial charge in [-0.25, -0.2) is 0 Å². The summed E-state index contributed by atoms with van der Waals surface area (Å²) in [5.74, 6) is 0. The first-order chi connectivity index (χ1) is 30.9. The van der Waals surface area contributed by atoms with Crippen molar-refractivity contribution in [2.45, 2.75) is 169 Å². The number of hydrogen-bond donors (Lipinski definition) is 0. The summed E-state index contributed by atoms with van der Waals surface area (Å²) >= 11 is 0. The third-order valence-electron chi connectivity index (χ3n) is 16.6. The lowest BCUT2D eigenvalue weighted by atomic mass is 9.33. The van der Waals surface area contributed by atoms with Crippen molar-refractivity contribution in [2.75, 3.05) is 14.7 Å². The van der Waals surface area contributed by atoms with Crippen molar-refractivity contribution >= 4 is 68.6 Å². The van der Waals surface area contributed by atoms with E-state index in [1.54, 1.807) is 0 Å². The highest BCUT2D eigenvalue weighted by Crippen LogP contribution is 2.60. The van der Waals surface area contributed by atoms with Crippen LogP contribution in [0, 0.1) is 6.92 Å². The fourth-order valence-electron chi connectivity index (χ4n) is 12.3. The molecule has 3 heterocycles. The van der Waals surface area contributed by atoms with E-state index in [0.29, 0.717) is 0 Å². The van der Waals surface area contributed by atoms with Crippen molar-refractivity contribution in [3.05, 3.63) is 149 Å². The molecule has 4 heteroatoms. The van der Waals surface area contributed by atoms with E-state index in [1.165, 1.54) is 127 Å². The normalized spacial score (nSPS) is 20.3. The molecule has 3 nitrogen and oxygen atoms in total. The van der Waals surface area contributed by atoms with Gasteiger partial charge >= 0.3 is 0 Å². The van der Waals surface area contributed by atoms with Gasteiger partial charge in [-0.2, -0.15) is 0 Å². The summed E-state index contributed by atoms with van der Waals surface area (Å²) in [4.78, 5) is 8.06. The van der Waals surface area contributed by atoms with Crippen molar-refractivity contribution in [3.63, 3.8) is 0 Å². The number of fused-ring (bicyclic) bond motifs is 7. The molecule has 3 aliphatic heterocycles. The van der Waals surface area contributed by atoms with Crippen LogP contribution >= 0.6 is 0 Å².